The standard InChI is InChI=1S/C15H23NS/c1-13-6-8-15(9-7-13)17-11-10-16-12-14-4-2-3-5-14/h6-9,14,16H,2-5,10-12H2,1H3. The minimum absolute atomic E-state index is 0.958. The molecule has 17 heavy (non-hydrogen) atoms. The van der Waals surface area contributed by atoms with Crippen molar-refractivity contribution < 1.29 is 0 Å². The van der Waals surface area contributed by atoms with E-state index in [4.69, 9.17) is 0 Å². The van der Waals surface area contributed by atoms with Crippen LogP contribution in [0, 0.1) is 12.8 Å². The molecule has 1 nitrogen and oxygen atoms in total. The topological polar surface area (TPSA) is 12.0 Å². The SMILES string of the molecule is Cc1ccc(SCCNCC2CCCC2)cc1. The minimum atomic E-state index is 0.958. The van der Waals surface area contributed by atoms with Gasteiger partial charge in [0.15, 0.2) is 0 Å². The van der Waals surface area contributed by atoms with Gasteiger partial charge in [0.05, 0.1) is 0 Å². The van der Waals surface area contributed by atoms with Crippen LogP contribution in [0.15, 0.2) is 29.2 Å². The first-order valence-electron chi connectivity index (χ1n) is 6.75. The second kappa shape index (κ2) is 7.07. The summed E-state index contributed by atoms with van der Waals surface area (Å²) in [5.41, 5.74) is 1.34. The average Bonchev–Trinajstić information content (AvgIpc) is 2.84. The molecule has 0 radical (unpaired) electrons. The Labute approximate surface area is 109 Å². The van der Waals surface area contributed by atoms with E-state index in [2.05, 4.69) is 36.5 Å². The van der Waals surface area contributed by atoms with Gasteiger partial charge in [0.1, 0.15) is 0 Å². The molecule has 1 aliphatic rings. The van der Waals surface area contributed by atoms with Crippen LogP contribution in [0.3, 0.4) is 0 Å². The summed E-state index contributed by atoms with van der Waals surface area (Å²) >= 11 is 1.95. The number of hydrogen-bond acceptors (Lipinski definition) is 2. The molecule has 0 atom stereocenters. The normalized spacial score (nSPS) is 16.5. The Morgan fingerprint density at radius 1 is 1.18 bits per heavy atom. The van der Waals surface area contributed by atoms with Crippen molar-refractivity contribution in [3.8, 4) is 0 Å². The molecule has 1 aromatic carbocycles. The van der Waals surface area contributed by atoms with Gasteiger partial charge in [-0.25, -0.2) is 0 Å². The van der Waals surface area contributed by atoms with Gasteiger partial charge in [-0.1, -0.05) is 30.5 Å². The maximum absolute atomic E-state index is 3.59. The van der Waals surface area contributed by atoms with Gasteiger partial charge in [0.2, 0.25) is 0 Å². The van der Waals surface area contributed by atoms with E-state index in [1.165, 1.54) is 48.4 Å². The summed E-state index contributed by atoms with van der Waals surface area (Å²) < 4.78 is 0. The zero-order valence-corrected chi connectivity index (χ0v) is 11.6. The lowest BCUT2D eigenvalue weighted by molar-refractivity contribution is 0.500. The van der Waals surface area contributed by atoms with E-state index < -0.39 is 0 Å². The van der Waals surface area contributed by atoms with Crippen molar-refractivity contribution in [2.24, 2.45) is 5.92 Å². The summed E-state index contributed by atoms with van der Waals surface area (Å²) in [5, 5.41) is 3.59. The van der Waals surface area contributed by atoms with Crippen LogP contribution in [0.4, 0.5) is 0 Å². The Morgan fingerprint density at radius 3 is 2.59 bits per heavy atom. The third-order valence-corrected chi connectivity index (χ3v) is 4.49. The highest BCUT2D eigenvalue weighted by Crippen LogP contribution is 2.23. The molecule has 0 bridgehead atoms. The first kappa shape index (κ1) is 13.0. The molecule has 0 aromatic heterocycles. The highest BCUT2D eigenvalue weighted by molar-refractivity contribution is 7.99. The van der Waals surface area contributed by atoms with E-state index in [9.17, 15) is 0 Å². The molecule has 0 unspecified atom stereocenters. The van der Waals surface area contributed by atoms with Crippen molar-refractivity contribution in [1.29, 1.82) is 0 Å². The van der Waals surface area contributed by atoms with Gasteiger partial charge in [-0.3, -0.25) is 0 Å². The Hall–Kier alpha value is -0.470. The molecule has 0 saturated heterocycles. The van der Waals surface area contributed by atoms with E-state index in [-0.39, 0.29) is 0 Å². The van der Waals surface area contributed by atoms with Gasteiger partial charge >= 0.3 is 0 Å². The fourth-order valence-corrected chi connectivity index (χ4v) is 3.21. The second-order valence-electron chi connectivity index (χ2n) is 5.02. The maximum atomic E-state index is 3.59. The highest BCUT2D eigenvalue weighted by Gasteiger charge is 2.13. The van der Waals surface area contributed by atoms with Gasteiger partial charge in [0, 0.05) is 17.2 Å². The van der Waals surface area contributed by atoms with Crippen molar-refractivity contribution in [3.63, 3.8) is 0 Å². The smallest absolute Gasteiger partial charge is 0.0106 e. The van der Waals surface area contributed by atoms with Crippen LogP contribution in [-0.2, 0) is 0 Å². The van der Waals surface area contributed by atoms with Gasteiger partial charge in [-0.05, 0) is 44.4 Å². The lowest BCUT2D eigenvalue weighted by atomic mass is 10.1. The quantitative estimate of drug-likeness (QED) is 0.607. The average molecular weight is 249 g/mol. The van der Waals surface area contributed by atoms with Gasteiger partial charge < -0.3 is 5.32 Å². The van der Waals surface area contributed by atoms with E-state index in [0.29, 0.717) is 0 Å². The van der Waals surface area contributed by atoms with Crippen LogP contribution < -0.4 is 5.32 Å². The Bertz CT molecular complexity index is 314. The highest BCUT2D eigenvalue weighted by atomic mass is 32.2. The van der Waals surface area contributed by atoms with E-state index >= 15 is 0 Å². The van der Waals surface area contributed by atoms with E-state index in [1.54, 1.807) is 0 Å². The summed E-state index contributed by atoms with van der Waals surface area (Å²) in [6, 6.07) is 8.82. The molecule has 0 aliphatic heterocycles. The van der Waals surface area contributed by atoms with E-state index in [1.807, 2.05) is 11.8 Å². The predicted octanol–water partition coefficient (Wildman–Crippen LogP) is 3.87. The molecule has 0 heterocycles. The molecule has 1 fully saturated rings. The molecule has 0 spiro atoms. The number of rotatable bonds is 6. The van der Waals surface area contributed by atoms with Crippen molar-refractivity contribution in [2.45, 2.75) is 37.5 Å². The number of benzene rings is 1. The largest absolute Gasteiger partial charge is 0.316 e. The molecular formula is C15H23NS. The maximum Gasteiger partial charge on any atom is 0.0106 e. The van der Waals surface area contributed by atoms with Crippen molar-refractivity contribution in [3.05, 3.63) is 29.8 Å². The van der Waals surface area contributed by atoms with Crippen LogP contribution in [0.25, 0.3) is 0 Å². The van der Waals surface area contributed by atoms with Crippen LogP contribution in [0.5, 0.6) is 0 Å². The van der Waals surface area contributed by atoms with E-state index in [0.717, 1.165) is 12.5 Å². The number of thioether (sulfide) groups is 1. The Balaban J connectivity index is 1.55. The monoisotopic (exact) mass is 249 g/mol. The first-order chi connectivity index (χ1) is 8.34. The zero-order chi connectivity index (χ0) is 11.9. The van der Waals surface area contributed by atoms with Gasteiger partial charge in [-0.15, -0.1) is 11.8 Å². The summed E-state index contributed by atoms with van der Waals surface area (Å²) in [7, 11) is 0. The lowest BCUT2D eigenvalue weighted by Crippen LogP contribution is -2.23. The molecule has 1 aliphatic carbocycles. The number of nitrogens with one attached hydrogen (secondary N) is 1. The Kier molecular flexibility index (Phi) is 5.40. The predicted molar refractivity (Wildman–Crippen MR) is 76.7 cm³/mol. The fourth-order valence-electron chi connectivity index (χ4n) is 2.40. The molecule has 1 N–H and O–H groups in total. The number of aryl methyl sites for hydroxylation is 1. The molecule has 1 saturated carbocycles. The van der Waals surface area contributed by atoms with Crippen LogP contribution in [0.2, 0.25) is 0 Å². The summed E-state index contributed by atoms with van der Waals surface area (Å²) in [6.07, 6.45) is 5.78. The molecule has 1 aromatic rings. The van der Waals surface area contributed by atoms with Crippen molar-refractivity contribution >= 4 is 11.8 Å². The summed E-state index contributed by atoms with van der Waals surface area (Å²) in [6.45, 7) is 4.50. The second-order valence-corrected chi connectivity index (χ2v) is 6.18. The summed E-state index contributed by atoms with van der Waals surface area (Å²) in [4.78, 5) is 1.39. The number of hydrogen-bond donors (Lipinski definition) is 1. The Morgan fingerprint density at radius 2 is 1.88 bits per heavy atom. The zero-order valence-electron chi connectivity index (χ0n) is 10.7. The van der Waals surface area contributed by atoms with Crippen molar-refractivity contribution in [2.75, 3.05) is 18.8 Å². The third-order valence-electron chi connectivity index (χ3n) is 3.48. The third kappa shape index (κ3) is 4.72. The van der Waals surface area contributed by atoms with Crippen LogP contribution in [-0.4, -0.2) is 18.8 Å². The minimum Gasteiger partial charge on any atom is -0.316 e. The van der Waals surface area contributed by atoms with Gasteiger partial charge in [0.25, 0.3) is 0 Å². The summed E-state index contributed by atoms with van der Waals surface area (Å²) in [5.74, 6) is 2.13. The first-order valence-corrected chi connectivity index (χ1v) is 7.73. The van der Waals surface area contributed by atoms with Gasteiger partial charge in [-0.2, -0.15) is 0 Å². The van der Waals surface area contributed by atoms with Crippen LogP contribution in [0.1, 0.15) is 31.2 Å². The molecule has 94 valence electrons. The lowest BCUT2D eigenvalue weighted by Gasteiger charge is -2.10. The van der Waals surface area contributed by atoms with Crippen molar-refractivity contribution in [1.82, 2.24) is 5.32 Å². The molecule has 2 heteroatoms. The molecule has 2 rings (SSSR count). The molecule has 0 amide bonds. The fraction of sp³-hybridized carbons (Fsp3) is 0.600. The van der Waals surface area contributed by atoms with Crippen LogP contribution >= 0.6 is 11.8 Å². The molecular weight excluding hydrogens is 226 g/mol.